The van der Waals surface area contributed by atoms with Crippen LogP contribution in [0.2, 0.25) is 0 Å². The molecular formula is C24H20N2O5. The molecular weight excluding hydrogens is 396 g/mol. The van der Waals surface area contributed by atoms with Crippen molar-refractivity contribution < 1.29 is 24.5 Å². The van der Waals surface area contributed by atoms with Crippen molar-refractivity contribution >= 4 is 23.1 Å². The third kappa shape index (κ3) is 5.22. The number of azo groups is 1. The molecule has 0 aliphatic carbocycles. The lowest BCUT2D eigenvalue weighted by Crippen LogP contribution is -2.04. The van der Waals surface area contributed by atoms with Gasteiger partial charge in [-0.25, -0.2) is 4.79 Å². The lowest BCUT2D eigenvalue weighted by molar-refractivity contribution is -0.140. The van der Waals surface area contributed by atoms with Crippen molar-refractivity contribution in [3.63, 3.8) is 0 Å². The average molecular weight is 416 g/mol. The van der Waals surface area contributed by atoms with Crippen LogP contribution in [0.25, 0.3) is 0 Å². The maximum atomic E-state index is 12.6. The van der Waals surface area contributed by atoms with E-state index in [1.807, 2.05) is 0 Å². The average Bonchev–Trinajstić information content (AvgIpc) is 2.78. The van der Waals surface area contributed by atoms with E-state index in [1.54, 1.807) is 61.5 Å². The number of rotatable bonds is 7. The van der Waals surface area contributed by atoms with Gasteiger partial charge in [-0.1, -0.05) is 49.0 Å². The van der Waals surface area contributed by atoms with Gasteiger partial charge in [0.1, 0.15) is 12.4 Å². The van der Waals surface area contributed by atoms with Gasteiger partial charge < -0.3 is 14.9 Å². The molecule has 3 aromatic rings. The first kappa shape index (κ1) is 21.4. The summed E-state index contributed by atoms with van der Waals surface area (Å²) in [4.78, 5) is 24.1. The maximum absolute atomic E-state index is 12.6. The zero-order valence-corrected chi connectivity index (χ0v) is 16.8. The molecule has 0 unspecified atom stereocenters. The maximum Gasteiger partial charge on any atom is 0.333 e. The number of ether oxygens (including phenoxy) is 1. The van der Waals surface area contributed by atoms with Crippen LogP contribution in [0.3, 0.4) is 0 Å². The van der Waals surface area contributed by atoms with Gasteiger partial charge in [0.25, 0.3) is 0 Å². The lowest BCUT2D eigenvalue weighted by atomic mass is 10.0. The smallest absolute Gasteiger partial charge is 0.333 e. The monoisotopic (exact) mass is 416 g/mol. The Kier molecular flexibility index (Phi) is 6.57. The van der Waals surface area contributed by atoms with Crippen LogP contribution in [-0.2, 0) is 16.1 Å². The van der Waals surface area contributed by atoms with Gasteiger partial charge in [0, 0.05) is 11.1 Å². The number of benzene rings is 3. The SMILES string of the molecule is C=C(C)C(=O)OCc1ccc(/N=N/c2c(O)ccc(C(=O)c3ccccc3)c2O)cc1. The molecule has 0 aromatic heterocycles. The standard InChI is InChI=1S/C24H20N2O5/c1-15(2)24(30)31-14-16-8-10-18(11-9-16)25-26-21-20(27)13-12-19(23(21)29)22(28)17-6-4-3-5-7-17/h3-13,27,29H,1,14H2,2H3/b26-25+. The summed E-state index contributed by atoms with van der Waals surface area (Å²) in [5, 5.41) is 28.5. The second kappa shape index (κ2) is 9.49. The van der Waals surface area contributed by atoms with E-state index in [9.17, 15) is 19.8 Å². The van der Waals surface area contributed by atoms with E-state index in [2.05, 4.69) is 16.8 Å². The predicted octanol–water partition coefficient (Wildman–Crippen LogP) is 5.36. The molecule has 3 aromatic carbocycles. The summed E-state index contributed by atoms with van der Waals surface area (Å²) in [6, 6.07) is 17.8. The van der Waals surface area contributed by atoms with Crippen LogP contribution < -0.4 is 0 Å². The summed E-state index contributed by atoms with van der Waals surface area (Å²) in [5.74, 6) is -1.64. The lowest BCUT2D eigenvalue weighted by Gasteiger charge is -2.07. The molecule has 7 heteroatoms. The van der Waals surface area contributed by atoms with Crippen molar-refractivity contribution in [1.29, 1.82) is 0 Å². The van der Waals surface area contributed by atoms with E-state index in [-0.39, 0.29) is 23.6 Å². The second-order valence-corrected chi connectivity index (χ2v) is 6.75. The largest absolute Gasteiger partial charge is 0.505 e. The van der Waals surface area contributed by atoms with Crippen molar-refractivity contribution in [3.05, 3.63) is 95.6 Å². The van der Waals surface area contributed by atoms with Gasteiger partial charge in [-0.2, -0.15) is 5.11 Å². The minimum Gasteiger partial charge on any atom is -0.505 e. The van der Waals surface area contributed by atoms with Crippen LogP contribution in [0, 0.1) is 0 Å². The van der Waals surface area contributed by atoms with Gasteiger partial charge in [-0.05, 0) is 36.8 Å². The van der Waals surface area contributed by atoms with E-state index >= 15 is 0 Å². The van der Waals surface area contributed by atoms with Gasteiger partial charge in [0.15, 0.2) is 17.2 Å². The fourth-order valence-corrected chi connectivity index (χ4v) is 2.63. The van der Waals surface area contributed by atoms with E-state index in [0.29, 0.717) is 16.8 Å². The first-order chi connectivity index (χ1) is 14.9. The zero-order chi connectivity index (χ0) is 22.4. The van der Waals surface area contributed by atoms with E-state index in [0.717, 1.165) is 5.56 Å². The van der Waals surface area contributed by atoms with E-state index < -0.39 is 17.5 Å². The number of hydrogen-bond donors (Lipinski definition) is 2. The molecule has 2 N–H and O–H groups in total. The molecule has 0 heterocycles. The van der Waals surface area contributed by atoms with Gasteiger partial charge in [-0.3, -0.25) is 4.79 Å². The minimum absolute atomic E-state index is 0.00706. The van der Waals surface area contributed by atoms with Crippen LogP contribution >= 0.6 is 0 Å². The Balaban J connectivity index is 1.78. The molecule has 0 amide bonds. The highest BCUT2D eigenvalue weighted by Crippen LogP contribution is 2.40. The predicted molar refractivity (Wildman–Crippen MR) is 115 cm³/mol. The number of aromatic hydroxyl groups is 2. The summed E-state index contributed by atoms with van der Waals surface area (Å²) in [7, 11) is 0. The number of carbonyl (C=O) groups is 2. The summed E-state index contributed by atoms with van der Waals surface area (Å²) < 4.78 is 5.07. The molecule has 156 valence electrons. The number of esters is 1. The number of nitrogens with zero attached hydrogens (tertiary/aromatic N) is 2. The van der Waals surface area contributed by atoms with Crippen LogP contribution in [-0.4, -0.2) is 22.0 Å². The normalized spacial score (nSPS) is 10.7. The Bertz CT molecular complexity index is 1150. The summed E-state index contributed by atoms with van der Waals surface area (Å²) >= 11 is 0. The van der Waals surface area contributed by atoms with Crippen LogP contribution in [0.1, 0.15) is 28.4 Å². The zero-order valence-electron chi connectivity index (χ0n) is 16.8. The number of carbonyl (C=O) groups excluding carboxylic acids is 2. The van der Waals surface area contributed by atoms with Crippen LogP contribution in [0.4, 0.5) is 11.4 Å². The van der Waals surface area contributed by atoms with Gasteiger partial charge in [0.05, 0.1) is 11.3 Å². The van der Waals surface area contributed by atoms with E-state index in [1.165, 1.54) is 12.1 Å². The summed E-state index contributed by atoms with van der Waals surface area (Å²) in [6.07, 6.45) is 0. The van der Waals surface area contributed by atoms with E-state index in [4.69, 9.17) is 4.74 Å². The van der Waals surface area contributed by atoms with Crippen molar-refractivity contribution in [2.45, 2.75) is 13.5 Å². The van der Waals surface area contributed by atoms with Crippen LogP contribution in [0.5, 0.6) is 11.5 Å². The third-order valence-electron chi connectivity index (χ3n) is 4.33. The molecule has 7 nitrogen and oxygen atoms in total. The molecule has 0 atom stereocenters. The topological polar surface area (TPSA) is 109 Å². The fourth-order valence-electron chi connectivity index (χ4n) is 2.63. The molecule has 0 aliphatic rings. The Morgan fingerprint density at radius 1 is 0.935 bits per heavy atom. The number of ketones is 1. The van der Waals surface area contributed by atoms with Gasteiger partial charge >= 0.3 is 5.97 Å². The Morgan fingerprint density at radius 2 is 1.61 bits per heavy atom. The molecule has 0 bridgehead atoms. The first-order valence-electron chi connectivity index (χ1n) is 9.35. The van der Waals surface area contributed by atoms with Crippen molar-refractivity contribution in [2.24, 2.45) is 10.2 Å². The van der Waals surface area contributed by atoms with Crippen molar-refractivity contribution in [2.75, 3.05) is 0 Å². The van der Waals surface area contributed by atoms with Crippen molar-refractivity contribution in [1.82, 2.24) is 0 Å². The highest BCUT2D eigenvalue weighted by molar-refractivity contribution is 6.11. The molecule has 0 spiro atoms. The highest BCUT2D eigenvalue weighted by Gasteiger charge is 2.19. The summed E-state index contributed by atoms with van der Waals surface area (Å²) in [6.45, 7) is 5.18. The number of hydrogen-bond acceptors (Lipinski definition) is 7. The Labute approximate surface area is 179 Å². The first-order valence-corrected chi connectivity index (χ1v) is 9.35. The molecule has 0 fully saturated rings. The summed E-state index contributed by atoms with van der Waals surface area (Å²) in [5.41, 5.74) is 1.70. The molecule has 0 saturated heterocycles. The fraction of sp³-hybridized carbons (Fsp3) is 0.0833. The molecule has 0 saturated carbocycles. The molecule has 0 aliphatic heterocycles. The third-order valence-corrected chi connectivity index (χ3v) is 4.33. The Morgan fingerprint density at radius 3 is 2.26 bits per heavy atom. The highest BCUT2D eigenvalue weighted by atomic mass is 16.5. The second-order valence-electron chi connectivity index (χ2n) is 6.75. The molecule has 31 heavy (non-hydrogen) atoms. The Hall–Kier alpha value is -4.26. The number of phenolic OH excluding ortho intramolecular Hbond substituents is 2. The van der Waals surface area contributed by atoms with Gasteiger partial charge in [0.2, 0.25) is 0 Å². The quantitative estimate of drug-likeness (QED) is 0.233. The van der Waals surface area contributed by atoms with Crippen LogP contribution in [0.15, 0.2) is 89.1 Å². The molecule has 0 radical (unpaired) electrons. The van der Waals surface area contributed by atoms with Gasteiger partial charge in [-0.15, -0.1) is 5.11 Å². The number of phenols is 2. The van der Waals surface area contributed by atoms with Crippen molar-refractivity contribution in [3.8, 4) is 11.5 Å². The molecule has 3 rings (SSSR count). The minimum atomic E-state index is -0.473.